The minimum absolute atomic E-state index is 0.119. The predicted octanol–water partition coefficient (Wildman–Crippen LogP) is 1.85. The van der Waals surface area contributed by atoms with Gasteiger partial charge in [0.25, 0.3) is 0 Å². The lowest BCUT2D eigenvalue weighted by molar-refractivity contribution is -0.117. The Morgan fingerprint density at radius 2 is 2.38 bits per heavy atom. The van der Waals surface area contributed by atoms with Crippen LogP contribution >= 0.6 is 0 Å². The van der Waals surface area contributed by atoms with Crippen LogP contribution in [0, 0.1) is 5.82 Å². The lowest BCUT2D eigenvalue weighted by Gasteiger charge is -2.23. The van der Waals surface area contributed by atoms with Gasteiger partial charge >= 0.3 is 0 Å². The van der Waals surface area contributed by atoms with E-state index in [1.807, 2.05) is 11.8 Å². The number of carbonyl (C=O) groups excluding carboxylic acids is 1. The zero-order valence-electron chi connectivity index (χ0n) is 12.3. The normalized spacial score (nSPS) is 18.1. The molecule has 1 aliphatic heterocycles. The van der Waals surface area contributed by atoms with Gasteiger partial charge in [-0.1, -0.05) is 6.92 Å². The highest BCUT2D eigenvalue weighted by molar-refractivity contribution is 5.92. The van der Waals surface area contributed by atoms with Crippen molar-refractivity contribution in [2.45, 2.75) is 25.9 Å². The number of nitrogens with two attached hydrogens (primary N) is 1. The Kier molecular flexibility index (Phi) is 5.52. The van der Waals surface area contributed by atoms with Gasteiger partial charge in [0.1, 0.15) is 5.82 Å². The molecule has 116 valence electrons. The third-order valence-corrected chi connectivity index (χ3v) is 3.56. The van der Waals surface area contributed by atoms with E-state index in [0.29, 0.717) is 5.69 Å². The van der Waals surface area contributed by atoms with Gasteiger partial charge < -0.3 is 15.8 Å². The summed E-state index contributed by atoms with van der Waals surface area (Å²) in [7, 11) is 0. The van der Waals surface area contributed by atoms with Crippen molar-refractivity contribution in [2.75, 3.05) is 37.3 Å². The lowest BCUT2D eigenvalue weighted by Crippen LogP contribution is -2.38. The largest absolute Gasteiger partial charge is 0.399 e. The van der Waals surface area contributed by atoms with Gasteiger partial charge in [0.15, 0.2) is 0 Å². The number of hydrogen-bond acceptors (Lipinski definition) is 4. The Bertz CT molecular complexity index is 490. The standard InChI is InChI=1S/C15H22FN3O2/c1-2-19(9-12-4-3-7-21-12)10-15(20)18-14-8-11(17)5-6-13(14)16/h5-6,8,12H,2-4,7,9-10,17H2,1H3,(H,18,20). The van der Waals surface area contributed by atoms with Gasteiger partial charge in [0.05, 0.1) is 18.3 Å². The van der Waals surface area contributed by atoms with Gasteiger partial charge in [0, 0.05) is 18.8 Å². The maximum atomic E-state index is 13.6. The molecule has 1 amide bonds. The van der Waals surface area contributed by atoms with E-state index < -0.39 is 5.82 Å². The highest BCUT2D eigenvalue weighted by Crippen LogP contribution is 2.17. The Morgan fingerprint density at radius 1 is 1.57 bits per heavy atom. The molecule has 5 nitrogen and oxygen atoms in total. The number of halogens is 1. The number of nitrogens with one attached hydrogen (secondary N) is 1. The van der Waals surface area contributed by atoms with Crippen molar-refractivity contribution in [2.24, 2.45) is 0 Å². The predicted molar refractivity (Wildman–Crippen MR) is 80.5 cm³/mol. The average molecular weight is 295 g/mol. The van der Waals surface area contributed by atoms with E-state index in [9.17, 15) is 9.18 Å². The minimum Gasteiger partial charge on any atom is -0.399 e. The topological polar surface area (TPSA) is 67.6 Å². The number of anilines is 2. The Balaban J connectivity index is 1.88. The highest BCUT2D eigenvalue weighted by atomic mass is 19.1. The van der Waals surface area contributed by atoms with Crippen LogP contribution in [0.5, 0.6) is 0 Å². The maximum absolute atomic E-state index is 13.6. The van der Waals surface area contributed by atoms with E-state index >= 15 is 0 Å². The van der Waals surface area contributed by atoms with E-state index in [1.165, 1.54) is 18.2 Å². The van der Waals surface area contributed by atoms with Crippen LogP contribution in [-0.2, 0) is 9.53 Å². The fourth-order valence-electron chi connectivity index (χ4n) is 2.41. The molecule has 1 heterocycles. The summed E-state index contributed by atoms with van der Waals surface area (Å²) in [5, 5.41) is 2.56. The summed E-state index contributed by atoms with van der Waals surface area (Å²) in [6, 6.07) is 4.12. The zero-order valence-corrected chi connectivity index (χ0v) is 12.3. The first-order valence-corrected chi connectivity index (χ1v) is 7.27. The van der Waals surface area contributed by atoms with Gasteiger partial charge in [0.2, 0.25) is 5.91 Å². The van der Waals surface area contributed by atoms with Crippen LogP contribution in [0.2, 0.25) is 0 Å². The summed E-state index contributed by atoms with van der Waals surface area (Å²) in [6.07, 6.45) is 2.30. The van der Waals surface area contributed by atoms with Crippen molar-refractivity contribution in [1.29, 1.82) is 0 Å². The van der Waals surface area contributed by atoms with Crippen LogP contribution < -0.4 is 11.1 Å². The summed E-state index contributed by atoms with van der Waals surface area (Å²) >= 11 is 0. The zero-order chi connectivity index (χ0) is 15.2. The molecule has 0 aliphatic carbocycles. The SMILES string of the molecule is CCN(CC(=O)Nc1cc(N)ccc1F)CC1CCCO1. The number of amides is 1. The van der Waals surface area contributed by atoms with Crippen molar-refractivity contribution in [3.8, 4) is 0 Å². The van der Waals surface area contributed by atoms with Crippen molar-refractivity contribution in [3.63, 3.8) is 0 Å². The summed E-state index contributed by atoms with van der Waals surface area (Å²) < 4.78 is 19.1. The van der Waals surface area contributed by atoms with E-state index in [-0.39, 0.29) is 24.2 Å². The second-order valence-electron chi connectivity index (χ2n) is 5.25. The fraction of sp³-hybridized carbons (Fsp3) is 0.533. The summed E-state index contributed by atoms with van der Waals surface area (Å²) in [4.78, 5) is 14.0. The highest BCUT2D eigenvalue weighted by Gasteiger charge is 2.20. The van der Waals surface area contributed by atoms with Crippen molar-refractivity contribution >= 4 is 17.3 Å². The summed E-state index contributed by atoms with van der Waals surface area (Å²) in [5.74, 6) is -0.737. The molecule has 0 spiro atoms. The number of carbonyl (C=O) groups is 1. The van der Waals surface area contributed by atoms with Crippen molar-refractivity contribution in [3.05, 3.63) is 24.0 Å². The third kappa shape index (κ3) is 4.68. The quantitative estimate of drug-likeness (QED) is 0.786. The smallest absolute Gasteiger partial charge is 0.238 e. The molecule has 0 saturated carbocycles. The molecule has 1 aliphatic rings. The number of nitrogen functional groups attached to an aromatic ring is 1. The van der Waals surface area contributed by atoms with Crippen LogP contribution in [-0.4, -0.2) is 43.2 Å². The molecule has 2 rings (SSSR count). The molecule has 0 radical (unpaired) electrons. The van der Waals surface area contributed by atoms with Crippen LogP contribution in [0.1, 0.15) is 19.8 Å². The van der Waals surface area contributed by atoms with Crippen LogP contribution in [0.4, 0.5) is 15.8 Å². The number of nitrogens with zero attached hydrogens (tertiary/aromatic N) is 1. The molecule has 1 atom stereocenters. The van der Waals surface area contributed by atoms with Crippen LogP contribution in [0.25, 0.3) is 0 Å². The van der Waals surface area contributed by atoms with Gasteiger partial charge in [-0.05, 0) is 37.6 Å². The minimum atomic E-state index is -0.486. The number of ether oxygens (including phenoxy) is 1. The van der Waals surface area contributed by atoms with Gasteiger partial charge in [-0.2, -0.15) is 0 Å². The van der Waals surface area contributed by atoms with E-state index in [2.05, 4.69) is 5.32 Å². The molecule has 6 heteroatoms. The molecule has 1 aromatic rings. The molecule has 1 fully saturated rings. The van der Waals surface area contributed by atoms with E-state index in [1.54, 1.807) is 0 Å². The second-order valence-corrected chi connectivity index (χ2v) is 5.25. The molecular weight excluding hydrogens is 273 g/mol. The molecule has 1 saturated heterocycles. The monoisotopic (exact) mass is 295 g/mol. The van der Waals surface area contributed by atoms with Crippen molar-refractivity contribution in [1.82, 2.24) is 4.90 Å². The Labute approximate surface area is 124 Å². The first kappa shape index (κ1) is 15.7. The molecule has 3 N–H and O–H groups in total. The molecule has 0 bridgehead atoms. The third-order valence-electron chi connectivity index (χ3n) is 3.56. The molecule has 21 heavy (non-hydrogen) atoms. The number of benzene rings is 1. The van der Waals surface area contributed by atoms with E-state index in [0.717, 1.165) is 32.5 Å². The average Bonchev–Trinajstić information content (AvgIpc) is 2.95. The second kappa shape index (κ2) is 7.38. The van der Waals surface area contributed by atoms with Gasteiger partial charge in [-0.3, -0.25) is 9.69 Å². The summed E-state index contributed by atoms with van der Waals surface area (Å²) in [6.45, 7) is 4.47. The Morgan fingerprint density at radius 3 is 3.05 bits per heavy atom. The number of likely N-dealkylation sites (N-methyl/N-ethyl adjacent to an activating group) is 1. The van der Waals surface area contributed by atoms with Crippen LogP contribution in [0.3, 0.4) is 0 Å². The number of rotatable bonds is 6. The first-order chi connectivity index (χ1) is 10.1. The number of hydrogen-bond donors (Lipinski definition) is 2. The summed E-state index contributed by atoms with van der Waals surface area (Å²) in [5.41, 5.74) is 6.13. The molecule has 1 unspecified atom stereocenters. The maximum Gasteiger partial charge on any atom is 0.238 e. The molecule has 0 aromatic heterocycles. The van der Waals surface area contributed by atoms with E-state index in [4.69, 9.17) is 10.5 Å². The van der Waals surface area contributed by atoms with Gasteiger partial charge in [-0.25, -0.2) is 4.39 Å². The molecular formula is C15H22FN3O2. The first-order valence-electron chi connectivity index (χ1n) is 7.27. The Hall–Kier alpha value is -1.66. The van der Waals surface area contributed by atoms with Crippen molar-refractivity contribution < 1.29 is 13.9 Å². The lowest BCUT2D eigenvalue weighted by atomic mass is 10.2. The molecule has 1 aromatic carbocycles. The van der Waals surface area contributed by atoms with Gasteiger partial charge in [-0.15, -0.1) is 0 Å². The van der Waals surface area contributed by atoms with Crippen LogP contribution in [0.15, 0.2) is 18.2 Å². The fourth-order valence-corrected chi connectivity index (χ4v) is 2.41.